The maximum Gasteiger partial charge on any atom is 0.322 e. The third-order valence-electron chi connectivity index (χ3n) is 6.16. The summed E-state index contributed by atoms with van der Waals surface area (Å²) in [4.78, 5) is 46.9. The molecule has 0 atom stereocenters. The van der Waals surface area contributed by atoms with Crippen molar-refractivity contribution in [3.8, 4) is 33.8 Å². The Morgan fingerprint density at radius 1 is 0.947 bits per heavy atom. The zero-order valence-corrected chi connectivity index (χ0v) is 20.3. The molecule has 0 aliphatic carbocycles. The summed E-state index contributed by atoms with van der Waals surface area (Å²) in [6, 6.07) is 21.4. The van der Waals surface area contributed by atoms with Crippen LogP contribution in [0.4, 0.5) is 0 Å². The highest BCUT2D eigenvalue weighted by Gasteiger charge is 2.27. The van der Waals surface area contributed by atoms with Gasteiger partial charge in [0.15, 0.2) is 11.4 Å². The first-order chi connectivity index (χ1) is 18.4. The van der Waals surface area contributed by atoms with Crippen LogP contribution in [0.5, 0.6) is 5.75 Å². The molecule has 0 saturated heterocycles. The van der Waals surface area contributed by atoms with Crippen molar-refractivity contribution in [2.24, 2.45) is 0 Å². The van der Waals surface area contributed by atoms with Gasteiger partial charge >= 0.3 is 5.97 Å². The molecule has 2 aromatic carbocycles. The van der Waals surface area contributed by atoms with E-state index in [1.165, 1.54) is 10.8 Å². The maximum atomic E-state index is 14.2. The van der Waals surface area contributed by atoms with Crippen LogP contribution in [0, 0.1) is 6.92 Å². The third kappa shape index (κ3) is 4.26. The Bertz CT molecular complexity index is 1730. The fourth-order valence-electron chi connectivity index (χ4n) is 4.51. The lowest BCUT2D eigenvalue weighted by Crippen LogP contribution is -2.30. The molecule has 0 radical (unpaired) electrons. The third-order valence-corrected chi connectivity index (χ3v) is 6.16. The van der Waals surface area contributed by atoms with Crippen molar-refractivity contribution in [2.45, 2.75) is 6.92 Å². The highest BCUT2D eigenvalue weighted by atomic mass is 16.4. The van der Waals surface area contributed by atoms with Crippen LogP contribution in [0.15, 0.2) is 90.0 Å². The van der Waals surface area contributed by atoms with E-state index in [0.717, 1.165) is 0 Å². The first-order valence-corrected chi connectivity index (χ1v) is 11.7. The van der Waals surface area contributed by atoms with Crippen molar-refractivity contribution in [1.29, 1.82) is 0 Å². The van der Waals surface area contributed by atoms with E-state index in [0.29, 0.717) is 33.5 Å². The van der Waals surface area contributed by atoms with Gasteiger partial charge in [0.2, 0.25) is 0 Å². The van der Waals surface area contributed by atoms with Gasteiger partial charge in [0.05, 0.1) is 16.8 Å². The van der Waals surface area contributed by atoms with Crippen LogP contribution in [0.2, 0.25) is 0 Å². The number of carbonyl (C=O) groups is 2. The number of nitrogens with zero attached hydrogens (tertiary/aromatic N) is 3. The summed E-state index contributed by atoms with van der Waals surface area (Å²) in [5, 5.41) is 23.0. The highest BCUT2D eigenvalue weighted by Crippen LogP contribution is 2.39. The summed E-state index contributed by atoms with van der Waals surface area (Å²) in [5.74, 6) is -2.57. The normalized spacial score (nSPS) is 10.9. The van der Waals surface area contributed by atoms with Crippen LogP contribution < -0.4 is 10.9 Å². The minimum absolute atomic E-state index is 0.232. The van der Waals surface area contributed by atoms with Gasteiger partial charge in [0.25, 0.3) is 11.5 Å². The zero-order chi connectivity index (χ0) is 26.8. The Morgan fingerprint density at radius 2 is 1.61 bits per heavy atom. The number of carbonyl (C=O) groups excluding carboxylic acids is 1. The molecule has 0 aliphatic heterocycles. The standard InChI is InChI=1S/C29H22N4O5/c1-17-22(18-9-4-2-5-10-18)29(38)33(20-12-6-3-7-13-20)26-23(17)27(36)25(28(37)31-16-21(34)35)32-24(26)19-11-8-14-30-15-19/h2-15,36H,16H2,1H3,(H,31,37)(H,34,35). The fraction of sp³-hybridized carbons (Fsp3) is 0.0690. The van der Waals surface area contributed by atoms with E-state index in [4.69, 9.17) is 5.11 Å². The monoisotopic (exact) mass is 506 g/mol. The smallest absolute Gasteiger partial charge is 0.322 e. The van der Waals surface area contributed by atoms with Crippen LogP contribution >= 0.6 is 0 Å². The van der Waals surface area contributed by atoms with Gasteiger partial charge in [0, 0.05) is 29.0 Å². The Kier molecular flexibility index (Phi) is 6.40. The molecule has 0 fully saturated rings. The number of fused-ring (bicyclic) bond motifs is 1. The second kappa shape index (κ2) is 9.98. The van der Waals surface area contributed by atoms with E-state index in [1.54, 1.807) is 61.7 Å². The van der Waals surface area contributed by atoms with Gasteiger partial charge in [0.1, 0.15) is 6.54 Å². The summed E-state index contributed by atoms with van der Waals surface area (Å²) >= 11 is 0. The summed E-state index contributed by atoms with van der Waals surface area (Å²) in [6.45, 7) is 1.05. The Hall–Kier alpha value is -5.31. The van der Waals surface area contributed by atoms with Crippen LogP contribution in [-0.2, 0) is 4.79 Å². The maximum absolute atomic E-state index is 14.2. The molecule has 3 aromatic heterocycles. The largest absolute Gasteiger partial charge is 0.505 e. The lowest BCUT2D eigenvalue weighted by Gasteiger charge is -2.21. The van der Waals surface area contributed by atoms with E-state index in [1.807, 2.05) is 24.3 Å². The van der Waals surface area contributed by atoms with Crippen molar-refractivity contribution < 1.29 is 19.8 Å². The summed E-state index contributed by atoms with van der Waals surface area (Å²) in [5.41, 5.74) is 2.29. The molecule has 0 spiro atoms. The number of aromatic nitrogens is 3. The number of carboxylic acid groups (broad SMARTS) is 1. The van der Waals surface area contributed by atoms with E-state index in [9.17, 15) is 19.5 Å². The number of amides is 1. The number of hydrogen-bond acceptors (Lipinski definition) is 6. The molecule has 0 bridgehead atoms. The van der Waals surface area contributed by atoms with Gasteiger partial charge in [-0.3, -0.25) is 23.9 Å². The molecule has 0 aliphatic rings. The lowest BCUT2D eigenvalue weighted by atomic mass is 9.95. The molecule has 9 heteroatoms. The number of hydrogen-bond donors (Lipinski definition) is 3. The number of pyridine rings is 3. The minimum Gasteiger partial charge on any atom is -0.505 e. The summed E-state index contributed by atoms with van der Waals surface area (Å²) < 4.78 is 1.47. The van der Waals surface area contributed by atoms with Crippen molar-refractivity contribution in [3.63, 3.8) is 0 Å². The lowest BCUT2D eigenvalue weighted by molar-refractivity contribution is -0.135. The number of rotatable bonds is 6. The zero-order valence-electron chi connectivity index (χ0n) is 20.3. The Morgan fingerprint density at radius 3 is 2.24 bits per heavy atom. The van der Waals surface area contributed by atoms with Crippen LogP contribution in [-0.4, -0.2) is 43.2 Å². The molecule has 3 heterocycles. The number of aryl methyl sites for hydroxylation is 1. The predicted molar refractivity (Wildman–Crippen MR) is 142 cm³/mol. The number of aromatic hydroxyl groups is 1. The molecule has 0 unspecified atom stereocenters. The van der Waals surface area contributed by atoms with Crippen molar-refractivity contribution in [2.75, 3.05) is 6.54 Å². The van der Waals surface area contributed by atoms with Crippen molar-refractivity contribution >= 4 is 22.8 Å². The SMILES string of the molecule is Cc1c(-c2ccccc2)c(=O)n(-c2ccccc2)c2c(-c3cccnc3)nc(C(=O)NCC(=O)O)c(O)c12. The second-order valence-electron chi connectivity index (χ2n) is 8.54. The molecule has 5 aromatic rings. The number of aliphatic carboxylic acids is 1. The summed E-state index contributed by atoms with van der Waals surface area (Å²) in [7, 11) is 0. The quantitative estimate of drug-likeness (QED) is 0.317. The van der Waals surface area contributed by atoms with Crippen LogP contribution in [0.25, 0.3) is 39.0 Å². The number of nitrogens with one attached hydrogen (secondary N) is 1. The van der Waals surface area contributed by atoms with Crippen LogP contribution in [0.3, 0.4) is 0 Å². The Labute approximate surface area is 216 Å². The molecular weight excluding hydrogens is 484 g/mol. The molecule has 188 valence electrons. The molecule has 38 heavy (non-hydrogen) atoms. The average molecular weight is 507 g/mol. The van der Waals surface area contributed by atoms with Gasteiger partial charge in [-0.2, -0.15) is 0 Å². The predicted octanol–water partition coefficient (Wildman–Crippen LogP) is 3.94. The number of para-hydroxylation sites is 1. The van der Waals surface area contributed by atoms with E-state index in [-0.39, 0.29) is 22.3 Å². The van der Waals surface area contributed by atoms with Gasteiger partial charge < -0.3 is 15.5 Å². The van der Waals surface area contributed by atoms with Gasteiger partial charge in [-0.1, -0.05) is 48.5 Å². The van der Waals surface area contributed by atoms with E-state index < -0.39 is 24.2 Å². The van der Waals surface area contributed by atoms with Crippen molar-refractivity contribution in [1.82, 2.24) is 19.9 Å². The number of benzene rings is 2. The van der Waals surface area contributed by atoms with Crippen LogP contribution in [0.1, 0.15) is 16.1 Å². The van der Waals surface area contributed by atoms with E-state index in [2.05, 4.69) is 15.3 Å². The molecule has 0 saturated carbocycles. The molecular formula is C29H22N4O5. The number of carboxylic acids is 1. The first-order valence-electron chi connectivity index (χ1n) is 11.7. The molecule has 5 rings (SSSR count). The second-order valence-corrected chi connectivity index (χ2v) is 8.54. The minimum atomic E-state index is -1.24. The molecule has 3 N–H and O–H groups in total. The van der Waals surface area contributed by atoms with Crippen molar-refractivity contribution in [3.05, 3.63) is 107 Å². The van der Waals surface area contributed by atoms with E-state index >= 15 is 0 Å². The topological polar surface area (TPSA) is 134 Å². The first kappa shape index (κ1) is 24.4. The fourth-order valence-corrected chi connectivity index (χ4v) is 4.51. The van der Waals surface area contributed by atoms with Gasteiger partial charge in [-0.05, 0) is 42.3 Å². The highest BCUT2D eigenvalue weighted by molar-refractivity contribution is 6.08. The summed E-state index contributed by atoms with van der Waals surface area (Å²) in [6.07, 6.45) is 3.12. The average Bonchev–Trinajstić information content (AvgIpc) is 2.93. The molecule has 9 nitrogen and oxygen atoms in total. The Balaban J connectivity index is 1.99. The van der Waals surface area contributed by atoms with Gasteiger partial charge in [-0.25, -0.2) is 4.98 Å². The molecule has 1 amide bonds. The van der Waals surface area contributed by atoms with Gasteiger partial charge in [-0.15, -0.1) is 0 Å².